The first-order valence-corrected chi connectivity index (χ1v) is 6.45. The topological polar surface area (TPSA) is 38.0 Å². The minimum Gasteiger partial charge on any atom is -0.387 e. The highest BCUT2D eigenvalue weighted by Gasteiger charge is 2.10. The van der Waals surface area contributed by atoms with Crippen LogP contribution in [0, 0.1) is 0 Å². The van der Waals surface area contributed by atoms with Crippen molar-refractivity contribution in [3.05, 3.63) is 65.4 Å². The van der Waals surface area contributed by atoms with Crippen molar-refractivity contribution in [3.8, 4) is 0 Å². The molecular formula is C15H13ClN2O. The largest absolute Gasteiger partial charge is 0.387 e. The summed E-state index contributed by atoms with van der Waals surface area (Å²) < 4.78 is 1.95. The Morgan fingerprint density at radius 1 is 1.11 bits per heavy atom. The number of aliphatic hydroxyl groups excluding tert-OH is 1. The average molecular weight is 273 g/mol. The molecule has 1 N–H and O–H groups in total. The normalized spacial score (nSPS) is 12.7. The Morgan fingerprint density at radius 3 is 2.63 bits per heavy atom. The molecule has 0 radical (unpaired) electrons. The van der Waals surface area contributed by atoms with Gasteiger partial charge in [-0.1, -0.05) is 35.9 Å². The third kappa shape index (κ3) is 2.48. The first-order valence-electron chi connectivity index (χ1n) is 6.07. The van der Waals surface area contributed by atoms with E-state index in [4.69, 9.17) is 11.6 Å². The summed E-state index contributed by atoms with van der Waals surface area (Å²) in [4.78, 5) is 4.31. The van der Waals surface area contributed by atoms with Gasteiger partial charge in [0, 0.05) is 5.02 Å². The van der Waals surface area contributed by atoms with Gasteiger partial charge in [-0.2, -0.15) is 0 Å². The summed E-state index contributed by atoms with van der Waals surface area (Å²) in [5, 5.41) is 10.9. The van der Waals surface area contributed by atoms with Crippen molar-refractivity contribution in [2.45, 2.75) is 12.6 Å². The highest BCUT2D eigenvalue weighted by molar-refractivity contribution is 6.30. The van der Waals surface area contributed by atoms with Crippen LogP contribution < -0.4 is 0 Å². The highest BCUT2D eigenvalue weighted by Crippen LogP contribution is 2.20. The fraction of sp³-hybridized carbons (Fsp3) is 0.133. The van der Waals surface area contributed by atoms with E-state index in [2.05, 4.69) is 4.98 Å². The number of rotatable bonds is 3. The second-order valence-electron chi connectivity index (χ2n) is 4.45. The predicted octanol–water partition coefficient (Wildman–Crippen LogP) is 3.42. The number of hydrogen-bond donors (Lipinski definition) is 1. The Balaban J connectivity index is 1.86. The van der Waals surface area contributed by atoms with E-state index >= 15 is 0 Å². The number of aliphatic hydroxyl groups is 1. The number of imidazole rings is 1. The van der Waals surface area contributed by atoms with Gasteiger partial charge in [0.2, 0.25) is 0 Å². The van der Waals surface area contributed by atoms with Crippen LogP contribution in [0.4, 0.5) is 0 Å². The molecule has 0 saturated heterocycles. The van der Waals surface area contributed by atoms with Gasteiger partial charge in [0.15, 0.2) is 0 Å². The van der Waals surface area contributed by atoms with Crippen LogP contribution >= 0.6 is 11.6 Å². The molecule has 0 saturated carbocycles. The fourth-order valence-corrected chi connectivity index (χ4v) is 2.26. The van der Waals surface area contributed by atoms with Gasteiger partial charge in [0.25, 0.3) is 0 Å². The number of para-hydroxylation sites is 2. The number of halogens is 1. The molecule has 2 aromatic carbocycles. The first kappa shape index (κ1) is 12.2. The zero-order chi connectivity index (χ0) is 13.2. The third-order valence-corrected chi connectivity index (χ3v) is 3.40. The molecule has 4 heteroatoms. The Kier molecular flexibility index (Phi) is 3.23. The molecule has 1 heterocycles. The average Bonchev–Trinajstić information content (AvgIpc) is 2.83. The van der Waals surface area contributed by atoms with Crippen molar-refractivity contribution < 1.29 is 5.11 Å². The number of aromatic nitrogens is 2. The number of benzene rings is 2. The van der Waals surface area contributed by atoms with E-state index in [9.17, 15) is 5.11 Å². The summed E-state index contributed by atoms with van der Waals surface area (Å²) in [5.41, 5.74) is 2.81. The van der Waals surface area contributed by atoms with Gasteiger partial charge >= 0.3 is 0 Å². The maximum absolute atomic E-state index is 10.3. The quantitative estimate of drug-likeness (QED) is 0.793. The molecule has 0 bridgehead atoms. The van der Waals surface area contributed by atoms with E-state index in [1.165, 1.54) is 0 Å². The summed E-state index contributed by atoms with van der Waals surface area (Å²) in [5.74, 6) is 0. The maximum Gasteiger partial charge on any atom is 0.0969 e. The summed E-state index contributed by atoms with van der Waals surface area (Å²) in [6, 6.07) is 15.1. The van der Waals surface area contributed by atoms with Crippen molar-refractivity contribution >= 4 is 22.6 Å². The second-order valence-corrected chi connectivity index (χ2v) is 4.89. The molecular weight excluding hydrogens is 260 g/mol. The third-order valence-electron chi connectivity index (χ3n) is 3.15. The van der Waals surface area contributed by atoms with E-state index in [1.54, 1.807) is 18.5 Å². The summed E-state index contributed by atoms with van der Waals surface area (Å²) in [7, 11) is 0. The van der Waals surface area contributed by atoms with Gasteiger partial charge in [0.1, 0.15) is 0 Å². The van der Waals surface area contributed by atoms with Gasteiger partial charge in [-0.25, -0.2) is 4.98 Å². The molecule has 19 heavy (non-hydrogen) atoms. The van der Waals surface area contributed by atoms with E-state index in [1.807, 2.05) is 41.0 Å². The lowest BCUT2D eigenvalue weighted by molar-refractivity contribution is 0.158. The van der Waals surface area contributed by atoms with Crippen molar-refractivity contribution in [1.29, 1.82) is 0 Å². The maximum atomic E-state index is 10.3. The summed E-state index contributed by atoms with van der Waals surface area (Å²) in [6.07, 6.45) is 1.18. The van der Waals surface area contributed by atoms with Crippen molar-refractivity contribution in [3.63, 3.8) is 0 Å². The molecule has 0 fully saturated rings. The number of nitrogens with zero attached hydrogens (tertiary/aromatic N) is 2. The lowest BCUT2D eigenvalue weighted by Crippen LogP contribution is -2.07. The number of fused-ring (bicyclic) bond motifs is 1. The Morgan fingerprint density at radius 2 is 1.84 bits per heavy atom. The monoisotopic (exact) mass is 272 g/mol. The number of hydrogen-bond acceptors (Lipinski definition) is 2. The van der Waals surface area contributed by atoms with Crippen LogP contribution in [-0.2, 0) is 6.54 Å². The van der Waals surface area contributed by atoms with E-state index < -0.39 is 6.10 Å². The molecule has 0 spiro atoms. The first-order chi connectivity index (χ1) is 9.24. The standard InChI is InChI=1S/C15H13ClN2O/c16-12-7-5-11(6-8-12)15(19)9-18-10-17-13-3-1-2-4-14(13)18/h1-8,10,15,19H,9H2/t15-/m1/s1. The van der Waals surface area contributed by atoms with Crippen LogP contribution in [0.25, 0.3) is 11.0 Å². The predicted molar refractivity (Wildman–Crippen MR) is 76.1 cm³/mol. The summed E-state index contributed by atoms with van der Waals surface area (Å²) in [6.45, 7) is 0.474. The van der Waals surface area contributed by atoms with Crippen LogP contribution in [0.5, 0.6) is 0 Å². The second kappa shape index (κ2) is 5.03. The zero-order valence-electron chi connectivity index (χ0n) is 10.2. The van der Waals surface area contributed by atoms with Crippen LogP contribution in [-0.4, -0.2) is 14.7 Å². The fourth-order valence-electron chi connectivity index (χ4n) is 2.13. The van der Waals surface area contributed by atoms with Gasteiger partial charge < -0.3 is 9.67 Å². The Bertz CT molecular complexity index is 691. The molecule has 0 unspecified atom stereocenters. The minimum absolute atomic E-state index is 0.474. The highest BCUT2D eigenvalue weighted by atomic mass is 35.5. The van der Waals surface area contributed by atoms with Gasteiger partial charge in [-0.05, 0) is 29.8 Å². The molecule has 1 aromatic heterocycles. The van der Waals surface area contributed by atoms with Crippen LogP contribution in [0.2, 0.25) is 5.02 Å². The molecule has 0 aliphatic heterocycles. The van der Waals surface area contributed by atoms with E-state index in [0.717, 1.165) is 16.6 Å². The van der Waals surface area contributed by atoms with Gasteiger partial charge in [-0.15, -0.1) is 0 Å². The van der Waals surface area contributed by atoms with Gasteiger partial charge in [0.05, 0.1) is 30.0 Å². The molecule has 1 atom stereocenters. The van der Waals surface area contributed by atoms with Crippen LogP contribution in [0.3, 0.4) is 0 Å². The Hall–Kier alpha value is -1.84. The smallest absolute Gasteiger partial charge is 0.0969 e. The van der Waals surface area contributed by atoms with Gasteiger partial charge in [-0.3, -0.25) is 0 Å². The van der Waals surface area contributed by atoms with E-state index in [0.29, 0.717) is 11.6 Å². The Labute approximate surface area is 116 Å². The van der Waals surface area contributed by atoms with Crippen molar-refractivity contribution in [1.82, 2.24) is 9.55 Å². The molecule has 3 aromatic rings. The SMILES string of the molecule is O[C@H](Cn1cnc2ccccc21)c1ccc(Cl)cc1. The van der Waals surface area contributed by atoms with E-state index in [-0.39, 0.29) is 0 Å². The molecule has 0 amide bonds. The van der Waals surface area contributed by atoms with Crippen LogP contribution in [0.15, 0.2) is 54.9 Å². The molecule has 96 valence electrons. The minimum atomic E-state index is -0.574. The summed E-state index contributed by atoms with van der Waals surface area (Å²) >= 11 is 5.84. The molecule has 3 nitrogen and oxygen atoms in total. The van der Waals surface area contributed by atoms with Crippen LogP contribution in [0.1, 0.15) is 11.7 Å². The van der Waals surface area contributed by atoms with Crippen molar-refractivity contribution in [2.75, 3.05) is 0 Å². The molecule has 3 rings (SSSR count). The lowest BCUT2D eigenvalue weighted by atomic mass is 10.1. The zero-order valence-corrected chi connectivity index (χ0v) is 11.0. The molecule has 0 aliphatic rings. The van der Waals surface area contributed by atoms with Crippen molar-refractivity contribution in [2.24, 2.45) is 0 Å². The molecule has 0 aliphatic carbocycles. The lowest BCUT2D eigenvalue weighted by Gasteiger charge is -2.12.